The molecule has 2 aromatic carbocycles. The van der Waals surface area contributed by atoms with Crippen LogP contribution in [-0.2, 0) is 19.1 Å². The molecular formula is C23H28O4. The predicted octanol–water partition coefficient (Wildman–Crippen LogP) is 5.08. The molecule has 27 heavy (non-hydrogen) atoms. The number of carbonyl (C=O) groups is 2. The van der Waals surface area contributed by atoms with Gasteiger partial charge in [0.05, 0.1) is 12.8 Å². The Kier molecular flexibility index (Phi) is 8.05. The first-order chi connectivity index (χ1) is 13.0. The lowest BCUT2D eigenvalue weighted by molar-refractivity contribution is -0.156. The minimum Gasteiger partial charge on any atom is -0.462 e. The lowest BCUT2D eigenvalue weighted by atomic mass is 10.0. The van der Waals surface area contributed by atoms with Gasteiger partial charge in [-0.05, 0) is 23.5 Å². The summed E-state index contributed by atoms with van der Waals surface area (Å²) in [7, 11) is 0. The molecule has 2 aromatic rings. The topological polar surface area (TPSA) is 52.6 Å². The average Bonchev–Trinajstić information content (AvgIpc) is 2.69. The van der Waals surface area contributed by atoms with E-state index < -0.39 is 12.1 Å². The van der Waals surface area contributed by atoms with Crippen LogP contribution >= 0.6 is 0 Å². The van der Waals surface area contributed by atoms with Crippen molar-refractivity contribution in [3.8, 4) is 0 Å². The lowest BCUT2D eigenvalue weighted by Crippen LogP contribution is -2.23. The van der Waals surface area contributed by atoms with E-state index in [4.69, 9.17) is 9.47 Å². The van der Waals surface area contributed by atoms with Gasteiger partial charge in [-0.1, -0.05) is 81.4 Å². The number of benzene rings is 2. The zero-order chi connectivity index (χ0) is 19.6. The zero-order valence-electron chi connectivity index (χ0n) is 16.3. The number of ether oxygens (including phenoxy) is 2. The third kappa shape index (κ3) is 6.55. The van der Waals surface area contributed by atoms with Gasteiger partial charge in [0.2, 0.25) is 0 Å². The van der Waals surface area contributed by atoms with Crippen LogP contribution in [0.3, 0.4) is 0 Å². The Bertz CT molecular complexity index is 670. The van der Waals surface area contributed by atoms with Crippen LogP contribution in [0.15, 0.2) is 60.7 Å². The fourth-order valence-electron chi connectivity index (χ4n) is 2.90. The molecule has 0 N–H and O–H groups in total. The second-order valence-corrected chi connectivity index (χ2v) is 6.87. The molecule has 0 aromatic heterocycles. The SMILES string of the molecule is CCC(OC(=O)CCC(=O)OC(c1ccccc1)c1ccccc1)C(C)C. The van der Waals surface area contributed by atoms with Crippen LogP contribution in [0.5, 0.6) is 0 Å². The molecule has 0 aliphatic carbocycles. The van der Waals surface area contributed by atoms with Crippen molar-refractivity contribution < 1.29 is 19.1 Å². The lowest BCUT2D eigenvalue weighted by Gasteiger charge is -2.20. The van der Waals surface area contributed by atoms with Crippen LogP contribution in [0.1, 0.15) is 57.3 Å². The molecule has 0 aliphatic rings. The maximum absolute atomic E-state index is 12.4. The van der Waals surface area contributed by atoms with Gasteiger partial charge >= 0.3 is 11.9 Å². The van der Waals surface area contributed by atoms with E-state index in [9.17, 15) is 9.59 Å². The van der Waals surface area contributed by atoms with E-state index in [1.54, 1.807) is 0 Å². The molecule has 0 aliphatic heterocycles. The molecule has 0 bridgehead atoms. The second-order valence-electron chi connectivity index (χ2n) is 6.87. The predicted molar refractivity (Wildman–Crippen MR) is 105 cm³/mol. The van der Waals surface area contributed by atoms with Gasteiger partial charge in [0.15, 0.2) is 6.10 Å². The van der Waals surface area contributed by atoms with Crippen molar-refractivity contribution in [3.63, 3.8) is 0 Å². The van der Waals surface area contributed by atoms with Crippen molar-refractivity contribution >= 4 is 11.9 Å². The monoisotopic (exact) mass is 368 g/mol. The summed E-state index contributed by atoms with van der Waals surface area (Å²) in [6.45, 7) is 6.01. The number of esters is 2. The molecule has 0 fully saturated rings. The summed E-state index contributed by atoms with van der Waals surface area (Å²) in [5.74, 6) is -0.517. The van der Waals surface area contributed by atoms with E-state index in [-0.39, 0.29) is 30.8 Å². The van der Waals surface area contributed by atoms with Crippen LogP contribution < -0.4 is 0 Å². The normalized spacial score (nSPS) is 12.0. The average molecular weight is 368 g/mol. The Balaban J connectivity index is 1.97. The van der Waals surface area contributed by atoms with Crippen molar-refractivity contribution in [2.75, 3.05) is 0 Å². The van der Waals surface area contributed by atoms with Crippen molar-refractivity contribution in [1.29, 1.82) is 0 Å². The molecule has 0 heterocycles. The molecule has 2 rings (SSSR count). The summed E-state index contributed by atoms with van der Waals surface area (Å²) in [4.78, 5) is 24.4. The minimum atomic E-state index is -0.491. The van der Waals surface area contributed by atoms with Gasteiger partial charge in [-0.3, -0.25) is 9.59 Å². The first kappa shape index (κ1) is 20.7. The zero-order valence-corrected chi connectivity index (χ0v) is 16.3. The molecule has 1 unspecified atom stereocenters. The molecule has 0 radical (unpaired) electrons. The van der Waals surface area contributed by atoms with Gasteiger partial charge in [0.1, 0.15) is 6.10 Å². The van der Waals surface area contributed by atoms with Gasteiger partial charge in [-0.25, -0.2) is 0 Å². The van der Waals surface area contributed by atoms with E-state index >= 15 is 0 Å². The van der Waals surface area contributed by atoms with Crippen molar-refractivity contribution in [3.05, 3.63) is 71.8 Å². The highest BCUT2D eigenvalue weighted by Crippen LogP contribution is 2.26. The number of hydrogen-bond donors (Lipinski definition) is 0. The van der Waals surface area contributed by atoms with Crippen LogP contribution in [0.25, 0.3) is 0 Å². The smallest absolute Gasteiger partial charge is 0.307 e. The molecule has 1 atom stereocenters. The molecule has 4 heteroatoms. The molecular weight excluding hydrogens is 340 g/mol. The van der Waals surface area contributed by atoms with Crippen LogP contribution in [0, 0.1) is 5.92 Å². The van der Waals surface area contributed by atoms with Gasteiger partial charge in [-0.15, -0.1) is 0 Å². The Morgan fingerprint density at radius 3 is 1.63 bits per heavy atom. The number of carbonyl (C=O) groups excluding carboxylic acids is 2. The summed E-state index contributed by atoms with van der Waals surface area (Å²) >= 11 is 0. The summed E-state index contributed by atoms with van der Waals surface area (Å²) in [5, 5.41) is 0. The maximum Gasteiger partial charge on any atom is 0.307 e. The van der Waals surface area contributed by atoms with Crippen LogP contribution in [-0.4, -0.2) is 18.0 Å². The molecule has 144 valence electrons. The third-order valence-electron chi connectivity index (χ3n) is 4.42. The summed E-state index contributed by atoms with van der Waals surface area (Å²) in [6.07, 6.45) is 0.185. The van der Waals surface area contributed by atoms with E-state index in [0.717, 1.165) is 17.5 Å². The summed E-state index contributed by atoms with van der Waals surface area (Å²) in [5.41, 5.74) is 1.79. The van der Waals surface area contributed by atoms with Crippen molar-refractivity contribution in [1.82, 2.24) is 0 Å². The van der Waals surface area contributed by atoms with Gasteiger partial charge in [0.25, 0.3) is 0 Å². The van der Waals surface area contributed by atoms with Crippen molar-refractivity contribution in [2.45, 2.75) is 52.2 Å². The highest BCUT2D eigenvalue weighted by atomic mass is 16.6. The fraction of sp³-hybridized carbons (Fsp3) is 0.391. The Hall–Kier alpha value is -2.62. The summed E-state index contributed by atoms with van der Waals surface area (Å²) in [6, 6.07) is 19.2. The highest BCUT2D eigenvalue weighted by molar-refractivity contribution is 5.78. The minimum absolute atomic E-state index is 0.00350. The molecule has 0 amide bonds. The number of hydrogen-bond acceptors (Lipinski definition) is 4. The van der Waals surface area contributed by atoms with Gasteiger partial charge < -0.3 is 9.47 Å². The van der Waals surface area contributed by atoms with E-state index in [0.29, 0.717) is 0 Å². The second kappa shape index (κ2) is 10.5. The maximum atomic E-state index is 12.4. The largest absolute Gasteiger partial charge is 0.462 e. The first-order valence-corrected chi connectivity index (χ1v) is 9.50. The van der Waals surface area contributed by atoms with Crippen molar-refractivity contribution in [2.24, 2.45) is 5.92 Å². The fourth-order valence-corrected chi connectivity index (χ4v) is 2.90. The Morgan fingerprint density at radius 1 is 0.778 bits per heavy atom. The highest BCUT2D eigenvalue weighted by Gasteiger charge is 2.21. The van der Waals surface area contributed by atoms with Crippen LogP contribution in [0.4, 0.5) is 0 Å². The van der Waals surface area contributed by atoms with Crippen LogP contribution in [0.2, 0.25) is 0 Å². The van der Waals surface area contributed by atoms with Gasteiger partial charge in [-0.2, -0.15) is 0 Å². The Morgan fingerprint density at radius 2 is 1.22 bits per heavy atom. The molecule has 0 saturated carbocycles. The van der Waals surface area contributed by atoms with E-state index in [2.05, 4.69) is 0 Å². The summed E-state index contributed by atoms with van der Waals surface area (Å²) < 4.78 is 11.1. The van der Waals surface area contributed by atoms with Gasteiger partial charge in [0, 0.05) is 0 Å². The molecule has 0 saturated heterocycles. The Labute approximate surface area is 161 Å². The third-order valence-corrected chi connectivity index (χ3v) is 4.42. The molecule has 0 spiro atoms. The first-order valence-electron chi connectivity index (χ1n) is 9.50. The molecule has 4 nitrogen and oxygen atoms in total. The van der Waals surface area contributed by atoms with E-state index in [1.165, 1.54) is 0 Å². The quantitative estimate of drug-likeness (QED) is 0.579. The van der Waals surface area contributed by atoms with E-state index in [1.807, 2.05) is 81.4 Å². The standard InChI is InChI=1S/C23H28O4/c1-4-20(17(2)3)26-21(24)15-16-22(25)27-23(18-11-7-5-8-12-18)19-13-9-6-10-14-19/h5-14,17,20,23H,4,15-16H2,1-3H3. The number of rotatable bonds is 9.